The van der Waals surface area contributed by atoms with E-state index in [2.05, 4.69) is 14.5 Å². The number of carboxylic acid groups (broad SMARTS) is 1. The zero-order valence-corrected chi connectivity index (χ0v) is 20.7. The average Bonchev–Trinajstić information content (AvgIpc) is 2.84. The highest BCUT2D eigenvalue weighted by molar-refractivity contribution is 7.92. The van der Waals surface area contributed by atoms with E-state index in [0.717, 1.165) is 31.5 Å². The van der Waals surface area contributed by atoms with Gasteiger partial charge in [-0.15, -0.1) is 0 Å². The summed E-state index contributed by atoms with van der Waals surface area (Å²) in [6.07, 6.45) is 7.29. The predicted molar refractivity (Wildman–Crippen MR) is 135 cm³/mol. The summed E-state index contributed by atoms with van der Waals surface area (Å²) in [5, 5.41) is 9.84. The number of aromatic carboxylic acids is 1. The Hall–Kier alpha value is -2.58. The van der Waals surface area contributed by atoms with E-state index in [0.29, 0.717) is 11.6 Å². The SMILES string of the molecule is Cc1ccc(S(=O)(=O)Nc2ccc(N3CCC(CCN4CCCCC4)CC3)c(C(=O)O)c2)cc1. The first-order valence-electron chi connectivity index (χ1n) is 12.3. The Morgan fingerprint density at radius 1 is 1.00 bits per heavy atom. The summed E-state index contributed by atoms with van der Waals surface area (Å²) >= 11 is 0. The highest BCUT2D eigenvalue weighted by Crippen LogP contribution is 2.31. The zero-order chi connectivity index (χ0) is 24.1. The molecular weight excluding hydrogens is 450 g/mol. The molecule has 0 bridgehead atoms. The van der Waals surface area contributed by atoms with Gasteiger partial charge in [0.15, 0.2) is 0 Å². The Bertz CT molecular complexity index is 1090. The second-order valence-electron chi connectivity index (χ2n) is 9.58. The van der Waals surface area contributed by atoms with Crippen LogP contribution in [-0.4, -0.2) is 57.1 Å². The first-order chi connectivity index (χ1) is 16.3. The van der Waals surface area contributed by atoms with Crippen LogP contribution in [0.1, 0.15) is 54.4 Å². The van der Waals surface area contributed by atoms with Crippen LogP contribution in [0.15, 0.2) is 47.4 Å². The number of hydrogen-bond acceptors (Lipinski definition) is 5. The third kappa shape index (κ3) is 6.10. The molecule has 7 nitrogen and oxygen atoms in total. The minimum absolute atomic E-state index is 0.121. The van der Waals surface area contributed by atoms with Crippen molar-refractivity contribution in [3.63, 3.8) is 0 Å². The van der Waals surface area contributed by atoms with E-state index in [9.17, 15) is 18.3 Å². The second-order valence-corrected chi connectivity index (χ2v) is 11.3. The van der Waals surface area contributed by atoms with E-state index in [1.54, 1.807) is 36.4 Å². The maximum Gasteiger partial charge on any atom is 0.337 e. The quantitative estimate of drug-likeness (QED) is 0.569. The number of rotatable bonds is 8. The zero-order valence-electron chi connectivity index (χ0n) is 19.9. The number of hydrogen-bond donors (Lipinski definition) is 2. The number of carboxylic acids is 1. The molecule has 0 aromatic heterocycles. The van der Waals surface area contributed by atoms with Crippen LogP contribution in [0, 0.1) is 12.8 Å². The van der Waals surface area contributed by atoms with Gasteiger partial charge in [-0.3, -0.25) is 4.72 Å². The molecule has 2 aliphatic rings. The van der Waals surface area contributed by atoms with E-state index in [1.807, 2.05) is 6.92 Å². The molecule has 0 aliphatic carbocycles. The Balaban J connectivity index is 1.40. The molecule has 2 N–H and O–H groups in total. The largest absolute Gasteiger partial charge is 0.478 e. The van der Waals surface area contributed by atoms with E-state index in [1.165, 1.54) is 51.4 Å². The van der Waals surface area contributed by atoms with Crippen molar-refractivity contribution in [2.24, 2.45) is 5.92 Å². The van der Waals surface area contributed by atoms with Crippen LogP contribution >= 0.6 is 0 Å². The number of likely N-dealkylation sites (tertiary alicyclic amines) is 1. The summed E-state index contributed by atoms with van der Waals surface area (Å²) in [5.74, 6) is -0.384. The lowest BCUT2D eigenvalue weighted by molar-refractivity contribution is 0.0697. The summed E-state index contributed by atoms with van der Waals surface area (Å²) in [6, 6.07) is 11.3. The smallest absolute Gasteiger partial charge is 0.337 e. The van der Waals surface area contributed by atoms with Crippen molar-refractivity contribution >= 4 is 27.4 Å². The fraction of sp³-hybridized carbons (Fsp3) is 0.500. The van der Waals surface area contributed by atoms with Gasteiger partial charge in [0, 0.05) is 18.8 Å². The fourth-order valence-electron chi connectivity index (χ4n) is 4.99. The van der Waals surface area contributed by atoms with Crippen LogP contribution in [0.5, 0.6) is 0 Å². The van der Waals surface area contributed by atoms with E-state index in [-0.39, 0.29) is 16.1 Å². The van der Waals surface area contributed by atoms with E-state index < -0.39 is 16.0 Å². The van der Waals surface area contributed by atoms with Gasteiger partial charge in [-0.25, -0.2) is 13.2 Å². The molecule has 2 aromatic carbocycles. The van der Waals surface area contributed by atoms with Crippen molar-refractivity contribution in [2.75, 3.05) is 42.3 Å². The molecule has 184 valence electrons. The molecule has 0 atom stereocenters. The van der Waals surface area contributed by atoms with Gasteiger partial charge in [-0.2, -0.15) is 0 Å². The highest BCUT2D eigenvalue weighted by Gasteiger charge is 2.24. The lowest BCUT2D eigenvalue weighted by Gasteiger charge is -2.35. The Labute approximate surface area is 202 Å². The summed E-state index contributed by atoms with van der Waals surface area (Å²) < 4.78 is 28.0. The first kappa shape index (κ1) is 24.5. The number of anilines is 2. The molecule has 8 heteroatoms. The molecule has 0 unspecified atom stereocenters. The molecule has 2 heterocycles. The highest BCUT2D eigenvalue weighted by atomic mass is 32.2. The van der Waals surface area contributed by atoms with Gasteiger partial charge in [0.25, 0.3) is 10.0 Å². The molecular formula is C26H35N3O4S. The van der Waals surface area contributed by atoms with Gasteiger partial charge in [-0.05, 0) is 94.9 Å². The first-order valence-corrected chi connectivity index (χ1v) is 13.7. The molecule has 2 saturated heterocycles. The fourth-order valence-corrected chi connectivity index (χ4v) is 6.04. The Morgan fingerprint density at radius 3 is 2.32 bits per heavy atom. The Kier molecular flexibility index (Phi) is 7.78. The van der Waals surface area contributed by atoms with Crippen molar-refractivity contribution in [1.29, 1.82) is 0 Å². The predicted octanol–water partition coefficient (Wildman–Crippen LogP) is 4.59. The van der Waals surface area contributed by atoms with Gasteiger partial charge in [0.2, 0.25) is 0 Å². The summed E-state index contributed by atoms with van der Waals surface area (Å²) in [4.78, 5) is 16.9. The number of aryl methyl sites for hydroxylation is 1. The number of nitrogens with one attached hydrogen (secondary N) is 1. The topological polar surface area (TPSA) is 90.0 Å². The van der Waals surface area contributed by atoms with Crippen LogP contribution in [0.25, 0.3) is 0 Å². The maximum atomic E-state index is 12.7. The number of piperidine rings is 2. The molecule has 0 spiro atoms. The van der Waals surface area contributed by atoms with Crippen LogP contribution in [0.2, 0.25) is 0 Å². The minimum atomic E-state index is -3.79. The van der Waals surface area contributed by atoms with E-state index >= 15 is 0 Å². The van der Waals surface area contributed by atoms with Crippen molar-refractivity contribution in [2.45, 2.75) is 50.3 Å². The molecule has 2 aliphatic heterocycles. The van der Waals surface area contributed by atoms with Gasteiger partial charge < -0.3 is 14.9 Å². The summed E-state index contributed by atoms with van der Waals surface area (Å²) in [7, 11) is -3.79. The number of benzene rings is 2. The lowest BCUT2D eigenvalue weighted by Crippen LogP contribution is -2.37. The van der Waals surface area contributed by atoms with E-state index in [4.69, 9.17) is 0 Å². The lowest BCUT2D eigenvalue weighted by atomic mass is 9.92. The standard InChI is InChI=1S/C26H35N3O4S/c1-20-5-8-23(9-6-20)34(32,33)27-22-7-10-25(24(19-22)26(30)31)29-17-12-21(13-18-29)11-16-28-14-3-2-4-15-28/h5-10,19,21,27H,2-4,11-18H2,1H3,(H,30,31). The normalized spacial score (nSPS) is 18.1. The second kappa shape index (κ2) is 10.8. The van der Waals surface area contributed by atoms with Crippen molar-refractivity contribution in [3.05, 3.63) is 53.6 Å². The van der Waals surface area contributed by atoms with Gasteiger partial charge in [0.1, 0.15) is 0 Å². The summed E-state index contributed by atoms with van der Waals surface area (Å²) in [5.41, 5.74) is 1.99. The Morgan fingerprint density at radius 2 is 1.68 bits per heavy atom. The van der Waals surface area contributed by atoms with Crippen LogP contribution in [0.4, 0.5) is 11.4 Å². The maximum absolute atomic E-state index is 12.7. The number of sulfonamides is 1. The monoisotopic (exact) mass is 485 g/mol. The van der Waals surface area contributed by atoms with Crippen LogP contribution < -0.4 is 9.62 Å². The number of nitrogens with zero attached hydrogens (tertiary/aromatic N) is 2. The van der Waals surface area contributed by atoms with Crippen molar-refractivity contribution in [1.82, 2.24) is 4.90 Å². The minimum Gasteiger partial charge on any atom is -0.478 e. The molecule has 2 fully saturated rings. The van der Waals surface area contributed by atoms with Gasteiger partial charge in [-0.1, -0.05) is 24.1 Å². The third-order valence-electron chi connectivity index (χ3n) is 7.07. The summed E-state index contributed by atoms with van der Waals surface area (Å²) in [6.45, 7) is 7.14. The van der Waals surface area contributed by atoms with Crippen molar-refractivity contribution in [3.8, 4) is 0 Å². The molecule has 4 rings (SSSR count). The van der Waals surface area contributed by atoms with Gasteiger partial charge >= 0.3 is 5.97 Å². The molecule has 0 radical (unpaired) electrons. The van der Waals surface area contributed by atoms with Crippen molar-refractivity contribution < 1.29 is 18.3 Å². The molecule has 34 heavy (non-hydrogen) atoms. The average molecular weight is 486 g/mol. The van der Waals surface area contributed by atoms with Crippen LogP contribution in [-0.2, 0) is 10.0 Å². The molecule has 2 aromatic rings. The third-order valence-corrected chi connectivity index (χ3v) is 8.47. The van der Waals surface area contributed by atoms with Gasteiger partial charge in [0.05, 0.1) is 16.1 Å². The van der Waals surface area contributed by atoms with Crippen LogP contribution in [0.3, 0.4) is 0 Å². The number of carbonyl (C=O) groups is 1. The molecule has 0 saturated carbocycles. The molecule has 0 amide bonds.